The van der Waals surface area contributed by atoms with E-state index in [1.54, 1.807) is 30.3 Å². The SMILES string of the molecule is NN/C(=N\S(=O)(=O)c1ccccc1)N1CC(c2ccccc2)C(c2ccc(Cl)cc2)=N1. The zero-order chi connectivity index (χ0) is 21.8. The van der Waals surface area contributed by atoms with E-state index in [0.29, 0.717) is 11.6 Å². The Hall–Kier alpha value is -3.20. The molecule has 9 heteroatoms. The Kier molecular flexibility index (Phi) is 6.03. The number of nitrogens with zero attached hydrogens (tertiary/aromatic N) is 3. The second-order valence-corrected chi connectivity index (χ2v) is 8.93. The Morgan fingerprint density at radius 1 is 1.00 bits per heavy atom. The Bertz CT molecular complexity index is 1210. The van der Waals surface area contributed by atoms with E-state index >= 15 is 0 Å². The summed E-state index contributed by atoms with van der Waals surface area (Å²) in [5.74, 6) is 5.48. The summed E-state index contributed by atoms with van der Waals surface area (Å²) >= 11 is 6.04. The van der Waals surface area contributed by atoms with Crippen molar-refractivity contribution in [3.8, 4) is 0 Å². The Balaban J connectivity index is 1.74. The number of halogens is 1. The number of hydrogen-bond donors (Lipinski definition) is 2. The molecule has 0 saturated carbocycles. The number of nitrogens with one attached hydrogen (secondary N) is 1. The Morgan fingerprint density at radius 3 is 2.23 bits per heavy atom. The van der Waals surface area contributed by atoms with Gasteiger partial charge in [0.2, 0.25) is 5.96 Å². The molecule has 1 heterocycles. The van der Waals surface area contributed by atoms with Gasteiger partial charge in [-0.3, -0.25) is 5.43 Å². The number of hydrazine groups is 1. The fourth-order valence-corrected chi connectivity index (χ4v) is 4.48. The number of hydrazone groups is 1. The van der Waals surface area contributed by atoms with Gasteiger partial charge in [-0.2, -0.15) is 13.5 Å². The highest BCUT2D eigenvalue weighted by atomic mass is 35.5. The van der Waals surface area contributed by atoms with Gasteiger partial charge in [-0.1, -0.05) is 72.3 Å². The van der Waals surface area contributed by atoms with Crippen LogP contribution in [0.2, 0.25) is 5.02 Å². The zero-order valence-electron chi connectivity index (χ0n) is 16.4. The first-order valence-corrected chi connectivity index (χ1v) is 11.3. The number of sulfonamides is 1. The second-order valence-electron chi connectivity index (χ2n) is 6.88. The molecular formula is C22H20ClN5O2S. The molecule has 158 valence electrons. The molecule has 0 fully saturated rings. The molecule has 4 rings (SSSR count). The average Bonchev–Trinajstić information content (AvgIpc) is 3.24. The van der Waals surface area contributed by atoms with Gasteiger partial charge in [0.25, 0.3) is 10.0 Å². The van der Waals surface area contributed by atoms with Gasteiger partial charge in [0, 0.05) is 10.9 Å². The summed E-state index contributed by atoms with van der Waals surface area (Å²) in [6.45, 7) is 0.370. The predicted octanol–water partition coefficient (Wildman–Crippen LogP) is 3.35. The van der Waals surface area contributed by atoms with Crippen molar-refractivity contribution in [2.24, 2.45) is 15.3 Å². The fraction of sp³-hybridized carbons (Fsp3) is 0.0909. The van der Waals surface area contributed by atoms with Crippen LogP contribution in [-0.4, -0.2) is 31.6 Å². The Morgan fingerprint density at radius 2 is 1.61 bits per heavy atom. The van der Waals surface area contributed by atoms with Crippen LogP contribution in [0.5, 0.6) is 0 Å². The molecule has 1 unspecified atom stereocenters. The first-order valence-electron chi connectivity index (χ1n) is 9.51. The van der Waals surface area contributed by atoms with Crippen molar-refractivity contribution in [1.82, 2.24) is 10.4 Å². The molecule has 31 heavy (non-hydrogen) atoms. The van der Waals surface area contributed by atoms with Crippen molar-refractivity contribution in [2.75, 3.05) is 6.54 Å². The summed E-state index contributed by atoms with van der Waals surface area (Å²) < 4.78 is 29.4. The summed E-state index contributed by atoms with van der Waals surface area (Å²) in [6, 6.07) is 25.2. The van der Waals surface area contributed by atoms with Crippen molar-refractivity contribution in [2.45, 2.75) is 10.8 Å². The van der Waals surface area contributed by atoms with Gasteiger partial charge in [0.1, 0.15) is 0 Å². The molecule has 7 nitrogen and oxygen atoms in total. The fourth-order valence-electron chi connectivity index (χ4n) is 3.37. The minimum atomic E-state index is -3.96. The van der Waals surface area contributed by atoms with Crippen LogP contribution in [0.25, 0.3) is 0 Å². The van der Waals surface area contributed by atoms with E-state index in [1.807, 2.05) is 42.5 Å². The third kappa shape index (κ3) is 4.61. The number of benzene rings is 3. The number of rotatable bonds is 4. The van der Waals surface area contributed by atoms with E-state index in [2.05, 4.69) is 14.9 Å². The summed E-state index contributed by atoms with van der Waals surface area (Å²) in [4.78, 5) is 0.0726. The standard InChI is InChI=1S/C22H20ClN5O2S/c23-18-13-11-17(12-14-18)21-20(16-7-3-1-4-8-16)15-28(26-21)22(25-24)27-31(29,30)19-9-5-2-6-10-19/h1-14,20H,15,24H2,(H,25,27). The van der Waals surface area contributed by atoms with Crippen LogP contribution in [0, 0.1) is 0 Å². The van der Waals surface area contributed by atoms with Gasteiger partial charge in [0.15, 0.2) is 0 Å². The van der Waals surface area contributed by atoms with Gasteiger partial charge in [-0.25, -0.2) is 10.9 Å². The first kappa shape index (κ1) is 21.0. The third-order valence-electron chi connectivity index (χ3n) is 4.88. The quantitative estimate of drug-likeness (QED) is 0.273. The molecule has 1 aliphatic heterocycles. The minimum absolute atomic E-state index is 0.0613. The molecule has 3 N–H and O–H groups in total. The summed E-state index contributed by atoms with van der Waals surface area (Å²) in [6.07, 6.45) is 0. The van der Waals surface area contributed by atoms with Crippen LogP contribution in [0.15, 0.2) is 99.3 Å². The van der Waals surface area contributed by atoms with E-state index < -0.39 is 10.0 Å². The van der Waals surface area contributed by atoms with Crippen molar-refractivity contribution >= 4 is 33.3 Å². The van der Waals surface area contributed by atoms with Gasteiger partial charge >= 0.3 is 0 Å². The summed E-state index contributed by atoms with van der Waals surface area (Å²) in [5, 5.41) is 6.76. The molecule has 0 aliphatic carbocycles. The lowest BCUT2D eigenvalue weighted by Crippen LogP contribution is -2.42. The van der Waals surface area contributed by atoms with E-state index in [4.69, 9.17) is 17.4 Å². The second kappa shape index (κ2) is 8.89. The van der Waals surface area contributed by atoms with Crippen LogP contribution in [0.3, 0.4) is 0 Å². The topological polar surface area (TPSA) is 100 Å². The number of guanidine groups is 1. The molecule has 0 spiro atoms. The van der Waals surface area contributed by atoms with Crippen molar-refractivity contribution in [3.63, 3.8) is 0 Å². The third-order valence-corrected chi connectivity index (χ3v) is 6.41. The van der Waals surface area contributed by atoms with Gasteiger partial charge in [-0.15, -0.1) is 4.40 Å². The first-order chi connectivity index (χ1) is 15.0. The van der Waals surface area contributed by atoms with Crippen LogP contribution >= 0.6 is 11.6 Å². The lowest BCUT2D eigenvalue weighted by molar-refractivity contribution is 0.457. The monoisotopic (exact) mass is 453 g/mol. The van der Waals surface area contributed by atoms with Crippen molar-refractivity contribution in [1.29, 1.82) is 0 Å². The highest BCUT2D eigenvalue weighted by molar-refractivity contribution is 7.90. The maximum Gasteiger partial charge on any atom is 0.285 e. The molecule has 1 aliphatic rings. The predicted molar refractivity (Wildman–Crippen MR) is 122 cm³/mol. The largest absolute Gasteiger partial charge is 0.292 e. The van der Waals surface area contributed by atoms with Gasteiger partial charge in [0.05, 0.1) is 17.2 Å². The zero-order valence-corrected chi connectivity index (χ0v) is 18.0. The maximum absolute atomic E-state index is 12.7. The molecule has 0 saturated heterocycles. The van der Waals surface area contributed by atoms with Crippen LogP contribution in [-0.2, 0) is 10.0 Å². The van der Waals surface area contributed by atoms with E-state index in [0.717, 1.165) is 16.8 Å². The molecule has 0 bridgehead atoms. The van der Waals surface area contributed by atoms with Crippen LogP contribution in [0.1, 0.15) is 17.0 Å². The Labute approximate surface area is 185 Å². The lowest BCUT2D eigenvalue weighted by atomic mass is 9.91. The molecule has 0 amide bonds. The van der Waals surface area contributed by atoms with Gasteiger partial charge in [-0.05, 0) is 35.4 Å². The van der Waals surface area contributed by atoms with E-state index in [1.165, 1.54) is 17.1 Å². The van der Waals surface area contributed by atoms with Crippen molar-refractivity contribution in [3.05, 3.63) is 101 Å². The normalized spacial score (nSPS) is 16.8. The average molecular weight is 454 g/mol. The van der Waals surface area contributed by atoms with E-state index in [9.17, 15) is 8.42 Å². The summed E-state index contributed by atoms with van der Waals surface area (Å²) in [7, 11) is -3.96. The molecule has 1 atom stereocenters. The highest BCUT2D eigenvalue weighted by Gasteiger charge is 2.32. The highest BCUT2D eigenvalue weighted by Crippen LogP contribution is 2.29. The maximum atomic E-state index is 12.7. The van der Waals surface area contributed by atoms with E-state index in [-0.39, 0.29) is 16.8 Å². The molecular weight excluding hydrogens is 434 g/mol. The lowest BCUT2D eigenvalue weighted by Gasteiger charge is -2.17. The van der Waals surface area contributed by atoms with Crippen LogP contribution in [0.4, 0.5) is 0 Å². The molecule has 3 aromatic rings. The summed E-state index contributed by atoms with van der Waals surface area (Å²) in [5.41, 5.74) is 5.08. The molecule has 0 radical (unpaired) electrons. The number of nitrogens with two attached hydrogens (primary N) is 1. The molecule has 3 aromatic carbocycles. The minimum Gasteiger partial charge on any atom is -0.292 e. The number of hydrogen-bond acceptors (Lipinski definition) is 4. The smallest absolute Gasteiger partial charge is 0.285 e. The van der Waals surface area contributed by atoms with Crippen LogP contribution < -0.4 is 11.3 Å². The van der Waals surface area contributed by atoms with Crippen molar-refractivity contribution < 1.29 is 8.42 Å². The molecule has 0 aromatic heterocycles. The van der Waals surface area contributed by atoms with Gasteiger partial charge < -0.3 is 0 Å².